The number of benzene rings is 1. The smallest absolute Gasteiger partial charge is 0.341 e. The molecule has 7 heteroatoms. The highest BCUT2D eigenvalue weighted by atomic mass is 35.5. The van der Waals surface area contributed by atoms with E-state index in [0.717, 1.165) is 25.8 Å². The minimum absolute atomic E-state index is 0.119. The number of carboxylic acid groups (broad SMARTS) is 1. The molecule has 2 bridgehead atoms. The van der Waals surface area contributed by atoms with Gasteiger partial charge in [-0.3, -0.25) is 0 Å². The number of halogens is 2. The molecule has 3 unspecified atom stereocenters. The molecule has 1 saturated heterocycles. The maximum Gasteiger partial charge on any atom is 0.341 e. The average molecular weight is 393 g/mol. The molecule has 136 valence electrons. The minimum Gasteiger partial charge on any atom is -0.477 e. The summed E-state index contributed by atoms with van der Waals surface area (Å²) in [6.45, 7) is 1.01. The van der Waals surface area contributed by atoms with Crippen molar-refractivity contribution in [3.05, 3.63) is 39.6 Å². The zero-order valence-corrected chi connectivity index (χ0v) is 15.5. The fraction of sp³-hybridized carbons (Fsp3) is 0.474. The number of aromatic nitrogens is 1. The van der Waals surface area contributed by atoms with E-state index in [0.29, 0.717) is 39.2 Å². The Labute approximate surface area is 160 Å². The Morgan fingerprint density at radius 3 is 2.54 bits per heavy atom. The van der Waals surface area contributed by atoms with Crippen molar-refractivity contribution in [3.63, 3.8) is 0 Å². The summed E-state index contributed by atoms with van der Waals surface area (Å²) in [5, 5.41) is 18.3. The molecular formula is C19H18Cl2N2O3. The molecule has 5 rings (SSSR count). The molecule has 0 amide bonds. The molecule has 26 heavy (non-hydrogen) atoms. The molecule has 2 aromatic rings. The molecule has 3 aliphatic rings. The Kier molecular flexibility index (Phi) is 3.65. The van der Waals surface area contributed by atoms with Crippen LogP contribution >= 0.6 is 23.2 Å². The van der Waals surface area contributed by atoms with Gasteiger partial charge in [0, 0.05) is 17.0 Å². The second-order valence-corrected chi connectivity index (χ2v) is 8.55. The van der Waals surface area contributed by atoms with E-state index < -0.39 is 5.97 Å². The summed E-state index contributed by atoms with van der Waals surface area (Å²) in [5.74, 6) is 0.504. The SMILES string of the molecule is O=C(O)c1c(-c2c(Cl)cccc2Cl)noc1C1(C2CC3CC2CN3)CC1. The summed E-state index contributed by atoms with van der Waals surface area (Å²) in [4.78, 5) is 12.2. The number of rotatable bonds is 4. The van der Waals surface area contributed by atoms with Crippen molar-refractivity contribution in [2.24, 2.45) is 11.8 Å². The summed E-state index contributed by atoms with van der Waals surface area (Å²) in [6, 6.07) is 5.63. The molecule has 5 nitrogen and oxygen atoms in total. The van der Waals surface area contributed by atoms with Gasteiger partial charge in [-0.05, 0) is 56.2 Å². The van der Waals surface area contributed by atoms with Gasteiger partial charge in [0.25, 0.3) is 0 Å². The number of fused-ring (bicyclic) bond motifs is 2. The predicted octanol–water partition coefficient (Wildman–Crippen LogP) is 4.38. The summed E-state index contributed by atoms with van der Waals surface area (Å²) >= 11 is 12.6. The van der Waals surface area contributed by atoms with Crippen molar-refractivity contribution >= 4 is 29.2 Å². The molecule has 0 radical (unpaired) electrons. The van der Waals surface area contributed by atoms with E-state index in [4.69, 9.17) is 27.7 Å². The van der Waals surface area contributed by atoms with Gasteiger partial charge in [-0.25, -0.2) is 4.79 Å². The molecule has 3 fully saturated rings. The molecular weight excluding hydrogens is 375 g/mol. The van der Waals surface area contributed by atoms with Crippen LogP contribution < -0.4 is 5.32 Å². The summed E-state index contributed by atoms with van der Waals surface area (Å²) in [6.07, 6.45) is 4.15. The van der Waals surface area contributed by atoms with Gasteiger partial charge in [-0.15, -0.1) is 0 Å². The van der Waals surface area contributed by atoms with Gasteiger partial charge < -0.3 is 14.9 Å². The zero-order chi connectivity index (χ0) is 18.1. The van der Waals surface area contributed by atoms with Gasteiger partial charge in [-0.1, -0.05) is 34.4 Å². The summed E-state index contributed by atoms with van der Waals surface area (Å²) in [7, 11) is 0. The predicted molar refractivity (Wildman–Crippen MR) is 97.8 cm³/mol. The largest absolute Gasteiger partial charge is 0.477 e. The normalized spacial score (nSPS) is 28.5. The maximum atomic E-state index is 12.2. The van der Waals surface area contributed by atoms with Crippen LogP contribution in [0.3, 0.4) is 0 Å². The first-order valence-corrected chi connectivity index (χ1v) is 9.68. The van der Waals surface area contributed by atoms with Crippen molar-refractivity contribution in [2.75, 3.05) is 6.54 Å². The van der Waals surface area contributed by atoms with Gasteiger partial charge in [0.05, 0.1) is 10.0 Å². The third-order valence-electron chi connectivity index (χ3n) is 6.42. The third-order valence-corrected chi connectivity index (χ3v) is 7.05. The van der Waals surface area contributed by atoms with Gasteiger partial charge >= 0.3 is 5.97 Å². The van der Waals surface area contributed by atoms with Gasteiger partial charge in [0.1, 0.15) is 11.3 Å². The lowest BCUT2D eigenvalue weighted by Gasteiger charge is -2.29. The molecule has 2 N–H and O–H groups in total. The van der Waals surface area contributed by atoms with Crippen molar-refractivity contribution in [3.8, 4) is 11.3 Å². The highest BCUT2D eigenvalue weighted by Crippen LogP contribution is 2.62. The Morgan fingerprint density at radius 1 is 1.27 bits per heavy atom. The van der Waals surface area contributed by atoms with Gasteiger partial charge in [0.2, 0.25) is 0 Å². The fourth-order valence-corrected chi connectivity index (χ4v) is 5.71. The number of nitrogens with one attached hydrogen (secondary N) is 1. The Balaban J connectivity index is 1.63. The molecule has 1 aliphatic heterocycles. The summed E-state index contributed by atoms with van der Waals surface area (Å²) < 4.78 is 5.70. The molecule has 0 spiro atoms. The second kappa shape index (κ2) is 5.72. The fourth-order valence-electron chi connectivity index (χ4n) is 5.14. The van der Waals surface area contributed by atoms with Crippen LogP contribution in [0.2, 0.25) is 10.0 Å². The second-order valence-electron chi connectivity index (χ2n) is 7.74. The van der Waals surface area contributed by atoms with Crippen LogP contribution in [0.5, 0.6) is 0 Å². The first kappa shape index (κ1) is 16.6. The molecule has 1 aromatic carbocycles. The van der Waals surface area contributed by atoms with E-state index in [2.05, 4.69) is 10.5 Å². The lowest BCUT2D eigenvalue weighted by atomic mass is 9.77. The lowest BCUT2D eigenvalue weighted by molar-refractivity contribution is 0.0692. The van der Waals surface area contributed by atoms with Crippen molar-refractivity contribution in [1.82, 2.24) is 10.5 Å². The van der Waals surface area contributed by atoms with Crippen molar-refractivity contribution < 1.29 is 14.4 Å². The van der Waals surface area contributed by atoms with Gasteiger partial charge in [0.15, 0.2) is 5.76 Å². The molecule has 1 aromatic heterocycles. The minimum atomic E-state index is -1.04. The zero-order valence-electron chi connectivity index (χ0n) is 14.0. The summed E-state index contributed by atoms with van der Waals surface area (Å²) in [5.41, 5.74) is 0.575. The Bertz CT molecular complexity index is 886. The van der Waals surface area contributed by atoms with E-state index in [-0.39, 0.29) is 16.7 Å². The van der Waals surface area contributed by atoms with Crippen LogP contribution in [0.15, 0.2) is 22.7 Å². The number of nitrogens with zero attached hydrogens (tertiary/aromatic N) is 1. The Hall–Kier alpha value is -1.56. The number of carbonyl (C=O) groups is 1. The number of hydrogen-bond acceptors (Lipinski definition) is 4. The Morgan fingerprint density at radius 2 is 2.00 bits per heavy atom. The van der Waals surface area contributed by atoms with Crippen LogP contribution in [0.4, 0.5) is 0 Å². The number of hydrogen-bond donors (Lipinski definition) is 2. The number of carboxylic acids is 1. The highest BCUT2D eigenvalue weighted by Gasteiger charge is 2.61. The van der Waals surface area contributed by atoms with Crippen molar-refractivity contribution in [2.45, 2.75) is 37.1 Å². The van der Waals surface area contributed by atoms with E-state index in [1.165, 1.54) is 6.42 Å². The van der Waals surface area contributed by atoms with Crippen molar-refractivity contribution in [1.29, 1.82) is 0 Å². The third kappa shape index (κ3) is 2.27. The van der Waals surface area contributed by atoms with Crippen LogP contribution in [-0.2, 0) is 5.41 Å². The number of aromatic carboxylic acids is 1. The standard InChI is InChI=1S/C19H18Cl2N2O3/c20-12-2-1-3-13(21)14(12)16-15(18(24)25)17(26-23-16)19(4-5-19)11-7-10-6-9(11)8-22-10/h1-3,9-11,22H,4-8H2,(H,24,25). The molecule has 2 saturated carbocycles. The monoisotopic (exact) mass is 392 g/mol. The molecule has 2 heterocycles. The van der Waals surface area contributed by atoms with E-state index in [1.54, 1.807) is 18.2 Å². The van der Waals surface area contributed by atoms with Gasteiger partial charge in [-0.2, -0.15) is 0 Å². The highest BCUT2D eigenvalue weighted by molar-refractivity contribution is 6.39. The lowest BCUT2D eigenvalue weighted by Crippen LogP contribution is -2.36. The topological polar surface area (TPSA) is 75.4 Å². The quantitative estimate of drug-likeness (QED) is 0.807. The van der Waals surface area contributed by atoms with E-state index >= 15 is 0 Å². The first-order chi connectivity index (χ1) is 12.5. The number of piperidine rings is 1. The average Bonchev–Trinajstić information content (AvgIpc) is 2.98. The molecule has 3 atom stereocenters. The maximum absolute atomic E-state index is 12.2. The van der Waals surface area contributed by atoms with Crippen LogP contribution in [-0.4, -0.2) is 28.8 Å². The van der Waals surface area contributed by atoms with E-state index in [9.17, 15) is 9.90 Å². The van der Waals surface area contributed by atoms with Crippen LogP contribution in [0.25, 0.3) is 11.3 Å². The van der Waals surface area contributed by atoms with Crippen LogP contribution in [0, 0.1) is 11.8 Å². The van der Waals surface area contributed by atoms with E-state index in [1.807, 2.05) is 0 Å². The molecule has 2 aliphatic carbocycles. The van der Waals surface area contributed by atoms with Crippen LogP contribution in [0.1, 0.15) is 41.8 Å². The first-order valence-electron chi connectivity index (χ1n) is 8.92.